The first-order valence-corrected chi connectivity index (χ1v) is 10.5. The monoisotopic (exact) mass is 371 g/mol. The first-order valence-electron chi connectivity index (χ1n) is 8.06. The summed E-state index contributed by atoms with van der Waals surface area (Å²) in [7, 11) is 0. The number of thioether (sulfide) groups is 2. The molecule has 1 aliphatic heterocycles. The van der Waals surface area contributed by atoms with E-state index in [9.17, 15) is 4.79 Å². The van der Waals surface area contributed by atoms with Gasteiger partial charge < -0.3 is 5.32 Å². The Morgan fingerprint density at radius 2 is 1.60 bits per heavy atom. The number of anilines is 1. The number of hydrogen-bond donors (Lipinski definition) is 1. The smallest absolute Gasteiger partial charge is 0.306 e. The number of benzene rings is 2. The zero-order chi connectivity index (χ0) is 17.8. The van der Waals surface area contributed by atoms with Crippen molar-refractivity contribution in [1.29, 1.82) is 0 Å². The quantitative estimate of drug-likeness (QED) is 0.768. The highest BCUT2D eigenvalue weighted by molar-refractivity contribution is 7.98. The highest BCUT2D eigenvalue weighted by Gasteiger charge is 2.28. The van der Waals surface area contributed by atoms with Crippen molar-refractivity contribution in [2.45, 2.75) is 16.7 Å². The number of urea groups is 1. The highest BCUT2D eigenvalue weighted by Crippen LogP contribution is 2.23. The Hall–Kier alpha value is -1.92. The molecule has 0 saturated heterocycles. The molecule has 0 aliphatic carbocycles. The van der Waals surface area contributed by atoms with Crippen LogP contribution >= 0.6 is 23.5 Å². The maximum absolute atomic E-state index is 12.5. The van der Waals surface area contributed by atoms with Crippen molar-refractivity contribution in [2.24, 2.45) is 11.0 Å². The molecule has 0 spiro atoms. The van der Waals surface area contributed by atoms with Crippen molar-refractivity contribution in [2.75, 3.05) is 24.4 Å². The van der Waals surface area contributed by atoms with E-state index in [1.165, 1.54) is 14.8 Å². The summed E-state index contributed by atoms with van der Waals surface area (Å²) in [5, 5.41) is 8.98. The van der Waals surface area contributed by atoms with Crippen LogP contribution in [0.2, 0.25) is 0 Å². The van der Waals surface area contributed by atoms with Gasteiger partial charge in [0.05, 0.1) is 12.3 Å². The van der Waals surface area contributed by atoms with Gasteiger partial charge >= 0.3 is 6.03 Å². The van der Waals surface area contributed by atoms with E-state index in [0.29, 0.717) is 6.54 Å². The fourth-order valence-corrected chi connectivity index (χ4v) is 3.53. The van der Waals surface area contributed by atoms with Crippen molar-refractivity contribution in [3.05, 3.63) is 54.1 Å². The zero-order valence-electron chi connectivity index (χ0n) is 14.5. The van der Waals surface area contributed by atoms with Gasteiger partial charge in [-0.25, -0.2) is 9.80 Å². The number of hydrogen-bond acceptors (Lipinski definition) is 4. The molecule has 2 aromatic rings. The average Bonchev–Trinajstić information content (AvgIpc) is 3.04. The van der Waals surface area contributed by atoms with Gasteiger partial charge in [-0.05, 0) is 54.5 Å². The number of nitrogens with zero attached hydrogens (tertiary/aromatic N) is 2. The number of amides is 2. The van der Waals surface area contributed by atoms with Crippen LogP contribution in [-0.4, -0.2) is 35.8 Å². The lowest BCUT2D eigenvalue weighted by atomic mass is 10.00. The molecule has 2 amide bonds. The summed E-state index contributed by atoms with van der Waals surface area (Å²) in [5.74, 6) is 0.213. The first kappa shape index (κ1) is 17.9. The highest BCUT2D eigenvalue weighted by atomic mass is 32.2. The van der Waals surface area contributed by atoms with Crippen LogP contribution in [0, 0.1) is 5.92 Å². The molecule has 6 heteroatoms. The standard InChI is InChI=1S/C19H21N3OS2/c1-13-12-22(19(23)20-15-6-10-17(25-3)11-7-15)21-18(13)14-4-8-16(24-2)9-5-14/h4-11,13H,12H2,1-3H3,(H,20,23). The second-order valence-electron chi connectivity index (χ2n) is 5.86. The third kappa shape index (κ3) is 4.19. The number of hydrazone groups is 1. The van der Waals surface area contributed by atoms with Crippen LogP contribution in [0.5, 0.6) is 0 Å². The predicted octanol–water partition coefficient (Wildman–Crippen LogP) is 5.02. The molecule has 1 atom stereocenters. The van der Waals surface area contributed by atoms with Gasteiger partial charge in [-0.3, -0.25) is 0 Å². The molecule has 1 N–H and O–H groups in total. The molecule has 0 fully saturated rings. The minimum Gasteiger partial charge on any atom is -0.306 e. The summed E-state index contributed by atoms with van der Waals surface area (Å²) >= 11 is 3.39. The molecule has 1 aliphatic rings. The fourth-order valence-electron chi connectivity index (χ4n) is 2.71. The average molecular weight is 372 g/mol. The van der Waals surface area contributed by atoms with E-state index in [-0.39, 0.29) is 11.9 Å². The number of carbonyl (C=O) groups excluding carboxylic acids is 1. The zero-order valence-corrected chi connectivity index (χ0v) is 16.2. The molecule has 1 heterocycles. The lowest BCUT2D eigenvalue weighted by Crippen LogP contribution is -2.30. The molecule has 0 bridgehead atoms. The number of rotatable bonds is 4. The lowest BCUT2D eigenvalue weighted by Gasteiger charge is -2.13. The Balaban J connectivity index is 1.71. The van der Waals surface area contributed by atoms with Crippen molar-refractivity contribution in [3.8, 4) is 0 Å². The lowest BCUT2D eigenvalue weighted by molar-refractivity contribution is 0.216. The van der Waals surface area contributed by atoms with Gasteiger partial charge in [0.15, 0.2) is 0 Å². The second kappa shape index (κ2) is 7.97. The van der Waals surface area contributed by atoms with E-state index < -0.39 is 0 Å². The molecule has 1 unspecified atom stereocenters. The predicted molar refractivity (Wildman–Crippen MR) is 108 cm³/mol. The van der Waals surface area contributed by atoms with Crippen LogP contribution in [0.25, 0.3) is 0 Å². The Kier molecular flexibility index (Phi) is 5.71. The van der Waals surface area contributed by atoms with Crippen LogP contribution < -0.4 is 5.32 Å². The minimum absolute atomic E-state index is 0.195. The Bertz CT molecular complexity index is 772. The van der Waals surface area contributed by atoms with E-state index in [2.05, 4.69) is 47.9 Å². The van der Waals surface area contributed by atoms with Crippen molar-refractivity contribution >= 4 is 41.0 Å². The molecular weight excluding hydrogens is 350 g/mol. The Morgan fingerprint density at radius 1 is 1.04 bits per heavy atom. The van der Waals surface area contributed by atoms with Gasteiger partial charge in [-0.15, -0.1) is 23.5 Å². The van der Waals surface area contributed by atoms with Crippen LogP contribution in [-0.2, 0) is 0 Å². The Morgan fingerprint density at radius 3 is 2.16 bits per heavy atom. The normalized spacial score (nSPS) is 16.7. The van der Waals surface area contributed by atoms with Crippen LogP contribution in [0.15, 0.2) is 63.4 Å². The third-order valence-electron chi connectivity index (χ3n) is 4.10. The van der Waals surface area contributed by atoms with Crippen molar-refractivity contribution in [1.82, 2.24) is 5.01 Å². The van der Waals surface area contributed by atoms with Crippen LogP contribution in [0.3, 0.4) is 0 Å². The van der Waals surface area contributed by atoms with E-state index in [1.807, 2.05) is 30.5 Å². The van der Waals surface area contributed by atoms with Gasteiger partial charge in [0, 0.05) is 21.4 Å². The summed E-state index contributed by atoms with van der Waals surface area (Å²) in [6.07, 6.45) is 4.09. The SMILES string of the molecule is CSc1ccc(NC(=O)N2CC(C)C(c3ccc(SC)cc3)=N2)cc1. The summed E-state index contributed by atoms with van der Waals surface area (Å²) in [6.45, 7) is 2.69. The Labute approximate surface area is 157 Å². The molecule has 4 nitrogen and oxygen atoms in total. The molecule has 0 aromatic heterocycles. The maximum atomic E-state index is 12.5. The van der Waals surface area contributed by atoms with Gasteiger partial charge in [0.2, 0.25) is 0 Å². The minimum atomic E-state index is -0.195. The largest absolute Gasteiger partial charge is 0.342 e. The topological polar surface area (TPSA) is 44.7 Å². The molecule has 0 saturated carbocycles. The summed E-state index contributed by atoms with van der Waals surface area (Å²) in [4.78, 5) is 14.9. The third-order valence-corrected chi connectivity index (χ3v) is 5.59. The molecule has 130 valence electrons. The van der Waals surface area contributed by atoms with E-state index in [1.54, 1.807) is 23.5 Å². The van der Waals surface area contributed by atoms with Gasteiger partial charge in [-0.2, -0.15) is 5.10 Å². The van der Waals surface area contributed by atoms with Crippen molar-refractivity contribution in [3.63, 3.8) is 0 Å². The molecule has 0 radical (unpaired) electrons. The van der Waals surface area contributed by atoms with Gasteiger partial charge in [-0.1, -0.05) is 19.1 Å². The van der Waals surface area contributed by atoms with E-state index in [0.717, 1.165) is 17.0 Å². The first-order chi connectivity index (χ1) is 12.1. The van der Waals surface area contributed by atoms with E-state index >= 15 is 0 Å². The van der Waals surface area contributed by atoms with Gasteiger partial charge in [0.1, 0.15) is 0 Å². The molecular formula is C19H21N3OS2. The summed E-state index contributed by atoms with van der Waals surface area (Å²) in [5.41, 5.74) is 2.81. The fraction of sp³-hybridized carbons (Fsp3) is 0.263. The summed E-state index contributed by atoms with van der Waals surface area (Å²) < 4.78 is 0. The van der Waals surface area contributed by atoms with Crippen LogP contribution in [0.4, 0.5) is 10.5 Å². The molecule has 2 aromatic carbocycles. The maximum Gasteiger partial charge on any atom is 0.342 e. The second-order valence-corrected chi connectivity index (χ2v) is 7.61. The molecule has 25 heavy (non-hydrogen) atoms. The number of carbonyl (C=O) groups is 1. The summed E-state index contributed by atoms with van der Waals surface area (Å²) in [6, 6.07) is 15.9. The molecule has 3 rings (SSSR count). The van der Waals surface area contributed by atoms with Crippen LogP contribution in [0.1, 0.15) is 12.5 Å². The van der Waals surface area contributed by atoms with E-state index in [4.69, 9.17) is 0 Å². The van der Waals surface area contributed by atoms with Crippen molar-refractivity contribution < 1.29 is 4.79 Å². The van der Waals surface area contributed by atoms with Gasteiger partial charge in [0.25, 0.3) is 0 Å². The number of nitrogens with one attached hydrogen (secondary N) is 1.